The summed E-state index contributed by atoms with van der Waals surface area (Å²) in [6, 6.07) is 12.4. The summed E-state index contributed by atoms with van der Waals surface area (Å²) in [5.41, 5.74) is 1.79. The number of carboxylic acid groups (broad SMARTS) is 1. The third-order valence-corrected chi connectivity index (χ3v) is 4.26. The van der Waals surface area contributed by atoms with Crippen LogP contribution in [-0.4, -0.2) is 29.9 Å². The second kappa shape index (κ2) is 7.31. The molecule has 26 heavy (non-hydrogen) atoms. The standard InChI is InChI=1S/C20H19NO5/c1-25-14-5-3-13(4-6-14)17-12-21(10-9-19(22)23)18-11-15(26-2)7-8-16(18)20(17)24/h3-8,11-12H,9-10H2,1-2H3,(H,22,23). The first-order chi connectivity index (χ1) is 12.5. The Labute approximate surface area is 150 Å². The number of methoxy groups -OCH3 is 2. The van der Waals surface area contributed by atoms with E-state index in [1.165, 1.54) is 0 Å². The van der Waals surface area contributed by atoms with Gasteiger partial charge in [0, 0.05) is 29.8 Å². The molecule has 0 spiro atoms. The van der Waals surface area contributed by atoms with E-state index in [-0.39, 0.29) is 18.4 Å². The maximum Gasteiger partial charge on any atom is 0.305 e. The van der Waals surface area contributed by atoms with Gasteiger partial charge in [-0.1, -0.05) is 12.1 Å². The largest absolute Gasteiger partial charge is 0.497 e. The molecular weight excluding hydrogens is 334 g/mol. The van der Waals surface area contributed by atoms with Gasteiger partial charge in [0.25, 0.3) is 0 Å². The van der Waals surface area contributed by atoms with Crippen molar-refractivity contribution < 1.29 is 19.4 Å². The molecule has 0 atom stereocenters. The maximum atomic E-state index is 13.0. The molecule has 134 valence electrons. The Morgan fingerprint density at radius 3 is 2.31 bits per heavy atom. The number of aliphatic carboxylic acids is 1. The molecule has 6 nitrogen and oxygen atoms in total. The SMILES string of the molecule is COc1ccc(-c2cn(CCC(=O)O)c3cc(OC)ccc3c2=O)cc1. The average molecular weight is 353 g/mol. The fourth-order valence-corrected chi connectivity index (χ4v) is 2.87. The minimum atomic E-state index is -0.897. The van der Waals surface area contributed by atoms with Gasteiger partial charge in [-0.05, 0) is 29.8 Å². The number of rotatable bonds is 6. The maximum absolute atomic E-state index is 13.0. The summed E-state index contributed by atoms with van der Waals surface area (Å²) >= 11 is 0. The molecule has 0 fully saturated rings. The second-order valence-corrected chi connectivity index (χ2v) is 5.82. The predicted molar refractivity (Wildman–Crippen MR) is 99.0 cm³/mol. The second-order valence-electron chi connectivity index (χ2n) is 5.82. The van der Waals surface area contributed by atoms with Gasteiger partial charge in [-0.2, -0.15) is 0 Å². The number of aryl methyl sites for hydroxylation is 1. The van der Waals surface area contributed by atoms with Crippen LogP contribution in [0.1, 0.15) is 6.42 Å². The lowest BCUT2D eigenvalue weighted by Crippen LogP contribution is -2.14. The highest BCUT2D eigenvalue weighted by atomic mass is 16.5. The van der Waals surface area contributed by atoms with Gasteiger partial charge in [0.2, 0.25) is 0 Å². The first kappa shape index (κ1) is 17.5. The Balaban J connectivity index is 2.21. The summed E-state index contributed by atoms with van der Waals surface area (Å²) in [6.45, 7) is 0.252. The smallest absolute Gasteiger partial charge is 0.305 e. The molecule has 0 radical (unpaired) electrons. The molecule has 0 saturated carbocycles. The van der Waals surface area contributed by atoms with Crippen molar-refractivity contribution in [1.29, 1.82) is 0 Å². The van der Waals surface area contributed by atoms with Crippen molar-refractivity contribution in [1.82, 2.24) is 4.57 Å². The Morgan fingerprint density at radius 1 is 1.04 bits per heavy atom. The van der Waals surface area contributed by atoms with Gasteiger partial charge in [0.1, 0.15) is 11.5 Å². The van der Waals surface area contributed by atoms with Crippen molar-refractivity contribution in [3.05, 3.63) is 58.9 Å². The summed E-state index contributed by atoms with van der Waals surface area (Å²) in [7, 11) is 3.13. The topological polar surface area (TPSA) is 77.8 Å². The highest BCUT2D eigenvalue weighted by Crippen LogP contribution is 2.25. The van der Waals surface area contributed by atoms with E-state index in [2.05, 4.69) is 0 Å². The quantitative estimate of drug-likeness (QED) is 0.736. The van der Waals surface area contributed by atoms with Crippen molar-refractivity contribution in [3.8, 4) is 22.6 Å². The van der Waals surface area contributed by atoms with Gasteiger partial charge in [-0.25, -0.2) is 0 Å². The molecule has 6 heteroatoms. The zero-order valence-electron chi connectivity index (χ0n) is 14.6. The highest BCUT2D eigenvalue weighted by Gasteiger charge is 2.13. The zero-order valence-corrected chi connectivity index (χ0v) is 14.6. The Bertz CT molecular complexity index is 1010. The van der Waals surface area contributed by atoms with E-state index < -0.39 is 5.97 Å². The number of ether oxygens (including phenoxy) is 2. The van der Waals surface area contributed by atoms with E-state index in [4.69, 9.17) is 14.6 Å². The van der Waals surface area contributed by atoms with Crippen molar-refractivity contribution in [2.45, 2.75) is 13.0 Å². The van der Waals surface area contributed by atoms with Crippen LogP contribution >= 0.6 is 0 Å². The first-order valence-electron chi connectivity index (χ1n) is 8.11. The zero-order chi connectivity index (χ0) is 18.7. The van der Waals surface area contributed by atoms with Gasteiger partial charge in [-0.3, -0.25) is 9.59 Å². The van der Waals surface area contributed by atoms with E-state index in [9.17, 15) is 9.59 Å². The summed E-state index contributed by atoms with van der Waals surface area (Å²) < 4.78 is 12.2. The molecule has 0 aliphatic heterocycles. The lowest BCUT2D eigenvalue weighted by atomic mass is 10.0. The van der Waals surface area contributed by atoms with Crippen LogP contribution in [0.5, 0.6) is 11.5 Å². The van der Waals surface area contributed by atoms with E-state index in [0.29, 0.717) is 28.0 Å². The molecule has 0 aliphatic carbocycles. The third-order valence-electron chi connectivity index (χ3n) is 4.26. The number of nitrogens with zero attached hydrogens (tertiary/aromatic N) is 1. The summed E-state index contributed by atoms with van der Waals surface area (Å²) in [5.74, 6) is 0.411. The number of hydrogen-bond donors (Lipinski definition) is 1. The van der Waals surface area contributed by atoms with Crippen molar-refractivity contribution in [2.24, 2.45) is 0 Å². The number of aromatic nitrogens is 1. The lowest BCUT2D eigenvalue weighted by molar-refractivity contribution is -0.137. The van der Waals surface area contributed by atoms with Crippen molar-refractivity contribution in [3.63, 3.8) is 0 Å². The van der Waals surface area contributed by atoms with Gasteiger partial charge >= 0.3 is 5.97 Å². The minimum Gasteiger partial charge on any atom is -0.497 e. The summed E-state index contributed by atoms with van der Waals surface area (Å²) in [5, 5.41) is 9.55. The van der Waals surface area contributed by atoms with Crippen LogP contribution in [0.25, 0.3) is 22.0 Å². The molecule has 3 aromatic rings. The number of carboxylic acids is 1. The van der Waals surface area contributed by atoms with Crippen LogP contribution in [0.2, 0.25) is 0 Å². The molecule has 0 aliphatic rings. The van der Waals surface area contributed by atoms with Gasteiger partial charge in [-0.15, -0.1) is 0 Å². The lowest BCUT2D eigenvalue weighted by Gasteiger charge is -2.14. The molecule has 0 bridgehead atoms. The van der Waals surface area contributed by atoms with Gasteiger partial charge in [0.05, 0.1) is 26.2 Å². The molecule has 1 aromatic heterocycles. The van der Waals surface area contributed by atoms with Gasteiger partial charge in [0.15, 0.2) is 5.43 Å². The Hall–Kier alpha value is -3.28. The number of pyridine rings is 1. The van der Waals surface area contributed by atoms with Crippen LogP contribution < -0.4 is 14.9 Å². The minimum absolute atomic E-state index is 0.0444. The van der Waals surface area contributed by atoms with Crippen molar-refractivity contribution >= 4 is 16.9 Å². The highest BCUT2D eigenvalue weighted by molar-refractivity contribution is 5.85. The summed E-state index contributed by atoms with van der Waals surface area (Å²) in [4.78, 5) is 24.0. The van der Waals surface area contributed by atoms with Crippen LogP contribution in [-0.2, 0) is 11.3 Å². The van der Waals surface area contributed by atoms with Crippen LogP contribution in [0.15, 0.2) is 53.5 Å². The average Bonchev–Trinajstić information content (AvgIpc) is 2.67. The van der Waals surface area contributed by atoms with E-state index in [1.54, 1.807) is 55.3 Å². The van der Waals surface area contributed by atoms with Gasteiger partial charge < -0.3 is 19.1 Å². The van der Waals surface area contributed by atoms with Crippen molar-refractivity contribution in [2.75, 3.05) is 14.2 Å². The fourth-order valence-electron chi connectivity index (χ4n) is 2.87. The van der Waals surface area contributed by atoms with Crippen LogP contribution in [0, 0.1) is 0 Å². The fraction of sp³-hybridized carbons (Fsp3) is 0.200. The molecule has 0 unspecified atom stereocenters. The first-order valence-corrected chi connectivity index (χ1v) is 8.11. The number of fused-ring (bicyclic) bond motifs is 1. The van der Waals surface area contributed by atoms with Crippen LogP contribution in [0.3, 0.4) is 0 Å². The molecule has 0 amide bonds. The van der Waals surface area contributed by atoms with E-state index >= 15 is 0 Å². The Morgan fingerprint density at radius 2 is 1.69 bits per heavy atom. The van der Waals surface area contributed by atoms with E-state index in [1.807, 2.05) is 12.1 Å². The molecule has 2 aromatic carbocycles. The molecular formula is C20H19NO5. The monoisotopic (exact) mass is 353 g/mol. The third kappa shape index (κ3) is 3.39. The molecule has 1 heterocycles. The summed E-state index contributed by atoms with van der Waals surface area (Å²) in [6.07, 6.45) is 1.66. The number of carbonyl (C=O) groups is 1. The Kier molecular flexibility index (Phi) is 4.93. The van der Waals surface area contributed by atoms with E-state index in [0.717, 1.165) is 5.56 Å². The van der Waals surface area contributed by atoms with Crippen LogP contribution in [0.4, 0.5) is 0 Å². The normalized spacial score (nSPS) is 10.7. The number of hydrogen-bond acceptors (Lipinski definition) is 4. The number of benzene rings is 2. The molecule has 3 rings (SSSR count). The predicted octanol–water partition coefficient (Wildman–Crippen LogP) is 3.16. The molecule has 1 N–H and O–H groups in total. The molecule has 0 saturated heterocycles.